The lowest BCUT2D eigenvalue weighted by Crippen LogP contribution is -2.51. The second-order valence-electron chi connectivity index (χ2n) is 5.30. The van der Waals surface area contributed by atoms with Crippen LogP contribution in [0.1, 0.15) is 52.9 Å². The molecule has 0 bridgehead atoms. The monoisotopic (exact) mass is 270 g/mol. The van der Waals surface area contributed by atoms with Gasteiger partial charge in [-0.3, -0.25) is 9.69 Å². The summed E-state index contributed by atoms with van der Waals surface area (Å²) in [5.41, 5.74) is 0. The van der Waals surface area contributed by atoms with Gasteiger partial charge in [0.25, 0.3) is 0 Å². The minimum atomic E-state index is -0.178. The molecule has 0 radical (unpaired) electrons. The standard InChI is InChI=1S/C15H30N2O2/c1-4-9-13-10-7-8-11-17(13)12-14(16-5-2)15(18)19-6-3/h13-14,16H,4-12H2,1-3H3. The van der Waals surface area contributed by atoms with Crippen LogP contribution >= 0.6 is 0 Å². The van der Waals surface area contributed by atoms with Gasteiger partial charge in [-0.2, -0.15) is 0 Å². The predicted octanol–water partition coefficient (Wildman–Crippen LogP) is 2.18. The molecule has 4 heteroatoms. The van der Waals surface area contributed by atoms with Crippen molar-refractivity contribution in [2.24, 2.45) is 0 Å². The second kappa shape index (κ2) is 9.32. The van der Waals surface area contributed by atoms with Gasteiger partial charge >= 0.3 is 5.97 Å². The van der Waals surface area contributed by atoms with E-state index in [0.717, 1.165) is 19.6 Å². The van der Waals surface area contributed by atoms with E-state index in [0.29, 0.717) is 12.6 Å². The fraction of sp³-hybridized carbons (Fsp3) is 0.933. The summed E-state index contributed by atoms with van der Waals surface area (Å²) in [6, 6.07) is 0.469. The number of hydrogen-bond acceptors (Lipinski definition) is 4. The third-order valence-corrected chi connectivity index (χ3v) is 3.81. The molecular weight excluding hydrogens is 240 g/mol. The molecular formula is C15H30N2O2. The average molecular weight is 270 g/mol. The lowest BCUT2D eigenvalue weighted by atomic mass is 9.97. The summed E-state index contributed by atoms with van der Waals surface area (Å²) in [6.45, 7) is 9.30. The van der Waals surface area contributed by atoms with Gasteiger partial charge in [-0.1, -0.05) is 26.7 Å². The molecule has 2 unspecified atom stereocenters. The molecule has 2 atom stereocenters. The number of nitrogens with one attached hydrogen (secondary N) is 1. The number of rotatable bonds is 8. The first-order chi connectivity index (χ1) is 9.22. The summed E-state index contributed by atoms with van der Waals surface area (Å²) in [6.07, 6.45) is 6.30. The Labute approximate surface area is 117 Å². The van der Waals surface area contributed by atoms with E-state index in [9.17, 15) is 4.79 Å². The van der Waals surface area contributed by atoms with Crippen LogP contribution in [0.15, 0.2) is 0 Å². The van der Waals surface area contributed by atoms with Crippen molar-refractivity contribution in [2.75, 3.05) is 26.2 Å². The molecule has 1 aliphatic heterocycles. The van der Waals surface area contributed by atoms with Crippen molar-refractivity contribution in [3.05, 3.63) is 0 Å². The molecule has 4 nitrogen and oxygen atoms in total. The van der Waals surface area contributed by atoms with E-state index in [2.05, 4.69) is 17.1 Å². The van der Waals surface area contributed by atoms with Crippen LogP contribution in [0.25, 0.3) is 0 Å². The maximum Gasteiger partial charge on any atom is 0.324 e. The van der Waals surface area contributed by atoms with Gasteiger partial charge in [0.05, 0.1) is 6.61 Å². The van der Waals surface area contributed by atoms with Crippen molar-refractivity contribution < 1.29 is 9.53 Å². The molecule has 1 N–H and O–H groups in total. The molecule has 112 valence electrons. The summed E-state index contributed by atoms with van der Waals surface area (Å²) < 4.78 is 5.17. The predicted molar refractivity (Wildman–Crippen MR) is 78.2 cm³/mol. The third kappa shape index (κ3) is 5.49. The van der Waals surface area contributed by atoms with Crippen molar-refractivity contribution in [3.63, 3.8) is 0 Å². The molecule has 0 aromatic rings. The number of esters is 1. The van der Waals surface area contributed by atoms with E-state index < -0.39 is 0 Å². The van der Waals surface area contributed by atoms with Gasteiger partial charge in [-0.25, -0.2) is 0 Å². The zero-order valence-electron chi connectivity index (χ0n) is 12.8. The van der Waals surface area contributed by atoms with Crippen molar-refractivity contribution in [2.45, 2.75) is 65.0 Å². The van der Waals surface area contributed by atoms with Crippen molar-refractivity contribution in [1.29, 1.82) is 0 Å². The maximum absolute atomic E-state index is 12.0. The van der Waals surface area contributed by atoms with Gasteiger partial charge in [0, 0.05) is 12.6 Å². The Morgan fingerprint density at radius 1 is 1.37 bits per heavy atom. The van der Waals surface area contributed by atoms with E-state index >= 15 is 0 Å². The first-order valence-electron chi connectivity index (χ1n) is 7.86. The highest BCUT2D eigenvalue weighted by Gasteiger charge is 2.27. The van der Waals surface area contributed by atoms with Crippen LogP contribution in [0, 0.1) is 0 Å². The highest BCUT2D eigenvalue weighted by Crippen LogP contribution is 2.21. The summed E-state index contributed by atoms with van der Waals surface area (Å²) >= 11 is 0. The van der Waals surface area contributed by atoms with Crippen LogP contribution in [0.4, 0.5) is 0 Å². The summed E-state index contributed by atoms with van der Waals surface area (Å²) in [4.78, 5) is 14.4. The molecule has 0 amide bonds. The van der Waals surface area contributed by atoms with Crippen LogP contribution in [0.5, 0.6) is 0 Å². The maximum atomic E-state index is 12.0. The Hall–Kier alpha value is -0.610. The van der Waals surface area contributed by atoms with E-state index in [1.54, 1.807) is 0 Å². The molecule has 1 saturated heterocycles. The highest BCUT2D eigenvalue weighted by atomic mass is 16.5. The van der Waals surface area contributed by atoms with E-state index in [1.165, 1.54) is 32.1 Å². The van der Waals surface area contributed by atoms with Gasteiger partial charge in [0.2, 0.25) is 0 Å². The zero-order chi connectivity index (χ0) is 14.1. The fourth-order valence-corrected chi connectivity index (χ4v) is 2.91. The van der Waals surface area contributed by atoms with Gasteiger partial charge in [0.15, 0.2) is 0 Å². The molecule has 1 fully saturated rings. The highest BCUT2D eigenvalue weighted by molar-refractivity contribution is 5.76. The Balaban J connectivity index is 2.56. The minimum absolute atomic E-state index is 0.106. The molecule has 0 aromatic heterocycles. The van der Waals surface area contributed by atoms with Crippen LogP contribution in [-0.4, -0.2) is 49.2 Å². The number of carbonyl (C=O) groups excluding carboxylic acids is 1. The van der Waals surface area contributed by atoms with Gasteiger partial charge < -0.3 is 10.1 Å². The third-order valence-electron chi connectivity index (χ3n) is 3.81. The molecule has 0 aliphatic carbocycles. The number of carbonyl (C=O) groups is 1. The largest absolute Gasteiger partial charge is 0.465 e. The lowest BCUT2D eigenvalue weighted by Gasteiger charge is -2.37. The van der Waals surface area contributed by atoms with Crippen LogP contribution < -0.4 is 5.32 Å². The number of piperidine rings is 1. The normalized spacial score (nSPS) is 22.2. The zero-order valence-corrected chi connectivity index (χ0v) is 12.8. The topological polar surface area (TPSA) is 41.6 Å². The number of likely N-dealkylation sites (N-methyl/N-ethyl adjacent to an activating group) is 1. The molecule has 0 spiro atoms. The first-order valence-corrected chi connectivity index (χ1v) is 7.86. The van der Waals surface area contributed by atoms with E-state index in [1.807, 2.05) is 13.8 Å². The SMILES string of the molecule is CCCC1CCCCN1CC(NCC)C(=O)OCC. The first kappa shape index (κ1) is 16.4. The fourth-order valence-electron chi connectivity index (χ4n) is 2.91. The smallest absolute Gasteiger partial charge is 0.324 e. The van der Waals surface area contributed by atoms with Crippen molar-refractivity contribution >= 4 is 5.97 Å². The summed E-state index contributed by atoms with van der Waals surface area (Å²) in [5, 5.41) is 3.26. The summed E-state index contributed by atoms with van der Waals surface area (Å²) in [7, 11) is 0. The molecule has 0 saturated carbocycles. The van der Waals surface area contributed by atoms with Crippen LogP contribution in [0.2, 0.25) is 0 Å². The van der Waals surface area contributed by atoms with Crippen molar-refractivity contribution in [3.8, 4) is 0 Å². The molecule has 1 aliphatic rings. The molecule has 19 heavy (non-hydrogen) atoms. The van der Waals surface area contributed by atoms with E-state index in [-0.39, 0.29) is 12.0 Å². The second-order valence-corrected chi connectivity index (χ2v) is 5.30. The Morgan fingerprint density at radius 2 is 2.16 bits per heavy atom. The van der Waals surface area contributed by atoms with Gasteiger partial charge in [-0.05, 0) is 39.3 Å². The Morgan fingerprint density at radius 3 is 2.79 bits per heavy atom. The molecule has 1 heterocycles. The van der Waals surface area contributed by atoms with Gasteiger partial charge in [-0.15, -0.1) is 0 Å². The minimum Gasteiger partial charge on any atom is -0.465 e. The number of ether oxygens (including phenoxy) is 1. The summed E-state index contributed by atoms with van der Waals surface area (Å²) in [5.74, 6) is -0.106. The number of hydrogen-bond donors (Lipinski definition) is 1. The number of likely N-dealkylation sites (tertiary alicyclic amines) is 1. The van der Waals surface area contributed by atoms with Crippen LogP contribution in [0.3, 0.4) is 0 Å². The quantitative estimate of drug-likeness (QED) is 0.686. The lowest BCUT2D eigenvalue weighted by molar-refractivity contribution is -0.146. The molecule has 1 rings (SSSR count). The van der Waals surface area contributed by atoms with Crippen LogP contribution in [-0.2, 0) is 9.53 Å². The Bertz CT molecular complexity index is 257. The average Bonchev–Trinajstić information content (AvgIpc) is 2.41. The van der Waals surface area contributed by atoms with Gasteiger partial charge in [0.1, 0.15) is 6.04 Å². The van der Waals surface area contributed by atoms with Crippen molar-refractivity contribution in [1.82, 2.24) is 10.2 Å². The molecule has 0 aromatic carbocycles. The Kier molecular flexibility index (Phi) is 8.07. The number of nitrogens with zero attached hydrogens (tertiary/aromatic N) is 1. The van der Waals surface area contributed by atoms with E-state index in [4.69, 9.17) is 4.74 Å².